The van der Waals surface area contributed by atoms with Crippen LogP contribution >= 0.6 is 15.9 Å². The van der Waals surface area contributed by atoms with Gasteiger partial charge in [0.1, 0.15) is 5.82 Å². The average Bonchev–Trinajstić information content (AvgIpc) is 2.66. The summed E-state index contributed by atoms with van der Waals surface area (Å²) >= 11 is 3.10. The van der Waals surface area contributed by atoms with E-state index in [1.54, 1.807) is 15.9 Å². The first-order chi connectivity index (χ1) is 9.99. The number of hydrogen-bond acceptors (Lipinski definition) is 3. The largest absolute Gasteiger partial charge is 0.480 e. The van der Waals surface area contributed by atoms with E-state index in [2.05, 4.69) is 15.9 Å². The molecule has 21 heavy (non-hydrogen) atoms. The van der Waals surface area contributed by atoms with Gasteiger partial charge in [-0.15, -0.1) is 0 Å². The van der Waals surface area contributed by atoms with Gasteiger partial charge in [0.05, 0.1) is 16.6 Å². The fourth-order valence-corrected chi connectivity index (χ4v) is 2.80. The van der Waals surface area contributed by atoms with Crippen LogP contribution in [0, 0.1) is 5.82 Å². The van der Waals surface area contributed by atoms with Crippen LogP contribution in [0.4, 0.5) is 4.39 Å². The first-order valence-electron chi connectivity index (χ1n) is 6.66. The maximum atomic E-state index is 13.5. The lowest BCUT2D eigenvalue weighted by atomic mass is 10.2. The van der Waals surface area contributed by atoms with Gasteiger partial charge < -0.3 is 10.0 Å². The van der Waals surface area contributed by atoms with Crippen LogP contribution in [0.2, 0.25) is 0 Å². The molecule has 1 fully saturated rings. The van der Waals surface area contributed by atoms with E-state index >= 15 is 0 Å². The quantitative estimate of drug-likeness (QED) is 0.895. The number of carboxylic acids is 1. The van der Waals surface area contributed by atoms with Crippen molar-refractivity contribution in [3.05, 3.63) is 34.1 Å². The third kappa shape index (κ3) is 4.01. The van der Waals surface area contributed by atoms with Gasteiger partial charge in [-0.2, -0.15) is 0 Å². The van der Waals surface area contributed by atoms with E-state index in [1.165, 1.54) is 12.1 Å². The molecule has 0 spiro atoms. The number of carbonyl (C=O) groups excluding carboxylic acids is 1. The maximum absolute atomic E-state index is 13.5. The summed E-state index contributed by atoms with van der Waals surface area (Å²) in [6.07, 6.45) is 0.700. The Hall–Kier alpha value is -1.47. The lowest BCUT2D eigenvalue weighted by molar-refractivity contribution is -0.138. The SMILES string of the molecule is O=C(O)CN1CCCN(C(=O)c2cccc(F)c2Br)CC1. The number of benzene rings is 1. The van der Waals surface area contributed by atoms with Gasteiger partial charge in [0.2, 0.25) is 0 Å². The summed E-state index contributed by atoms with van der Waals surface area (Å²) in [6.45, 7) is 2.10. The minimum Gasteiger partial charge on any atom is -0.480 e. The Morgan fingerprint density at radius 3 is 2.71 bits per heavy atom. The van der Waals surface area contributed by atoms with E-state index in [0.717, 1.165) is 0 Å². The van der Waals surface area contributed by atoms with Gasteiger partial charge in [-0.1, -0.05) is 6.07 Å². The molecule has 1 saturated heterocycles. The van der Waals surface area contributed by atoms with Crippen molar-refractivity contribution in [2.45, 2.75) is 6.42 Å². The van der Waals surface area contributed by atoms with Crippen molar-refractivity contribution in [3.8, 4) is 0 Å². The molecule has 0 unspecified atom stereocenters. The predicted molar refractivity (Wildman–Crippen MR) is 78.7 cm³/mol. The van der Waals surface area contributed by atoms with Gasteiger partial charge in [-0.05, 0) is 34.5 Å². The Morgan fingerprint density at radius 2 is 2.00 bits per heavy atom. The standard InChI is InChI=1S/C14H16BrFN2O3/c15-13-10(3-1-4-11(13)16)14(21)18-6-2-5-17(7-8-18)9-12(19)20/h1,3-4H,2,5-9H2,(H,19,20). The second-order valence-electron chi connectivity index (χ2n) is 4.92. The average molecular weight is 359 g/mol. The first kappa shape index (κ1) is 15.9. The van der Waals surface area contributed by atoms with Gasteiger partial charge in [-0.25, -0.2) is 4.39 Å². The zero-order valence-electron chi connectivity index (χ0n) is 11.4. The van der Waals surface area contributed by atoms with E-state index in [-0.39, 0.29) is 16.9 Å². The lowest BCUT2D eigenvalue weighted by Gasteiger charge is -2.21. The number of amides is 1. The molecule has 0 atom stereocenters. The van der Waals surface area contributed by atoms with Crippen molar-refractivity contribution in [3.63, 3.8) is 0 Å². The molecule has 1 aromatic rings. The summed E-state index contributed by atoms with van der Waals surface area (Å²) in [6, 6.07) is 4.37. The van der Waals surface area contributed by atoms with Crippen molar-refractivity contribution < 1.29 is 19.1 Å². The molecule has 7 heteroatoms. The molecule has 0 aromatic heterocycles. The minimum absolute atomic E-state index is 0.0221. The lowest BCUT2D eigenvalue weighted by Crippen LogP contribution is -2.36. The zero-order chi connectivity index (χ0) is 15.4. The Morgan fingerprint density at radius 1 is 1.24 bits per heavy atom. The highest BCUT2D eigenvalue weighted by Crippen LogP contribution is 2.22. The number of aliphatic carboxylic acids is 1. The third-order valence-electron chi connectivity index (χ3n) is 3.42. The van der Waals surface area contributed by atoms with Gasteiger partial charge in [0.15, 0.2) is 0 Å². The zero-order valence-corrected chi connectivity index (χ0v) is 13.0. The molecule has 2 rings (SSSR count). The number of carbonyl (C=O) groups is 2. The molecule has 1 N–H and O–H groups in total. The monoisotopic (exact) mass is 358 g/mol. The van der Waals surface area contributed by atoms with Crippen LogP contribution in [-0.4, -0.2) is 59.5 Å². The Balaban J connectivity index is 2.06. The van der Waals surface area contributed by atoms with Crippen LogP contribution < -0.4 is 0 Å². The molecule has 0 radical (unpaired) electrons. The van der Waals surface area contributed by atoms with E-state index in [9.17, 15) is 14.0 Å². The highest BCUT2D eigenvalue weighted by atomic mass is 79.9. The molecular weight excluding hydrogens is 343 g/mol. The van der Waals surface area contributed by atoms with Crippen LogP contribution in [0.3, 0.4) is 0 Å². The van der Waals surface area contributed by atoms with Gasteiger partial charge in [0, 0.05) is 26.2 Å². The summed E-state index contributed by atoms with van der Waals surface area (Å²) in [5.74, 6) is -1.58. The number of hydrogen-bond donors (Lipinski definition) is 1. The molecule has 0 saturated carbocycles. The smallest absolute Gasteiger partial charge is 0.317 e. The number of carboxylic acid groups (broad SMARTS) is 1. The summed E-state index contributed by atoms with van der Waals surface area (Å²) in [5.41, 5.74) is 0.293. The summed E-state index contributed by atoms with van der Waals surface area (Å²) in [4.78, 5) is 26.6. The number of halogens is 2. The van der Waals surface area contributed by atoms with Crippen LogP contribution in [0.15, 0.2) is 22.7 Å². The van der Waals surface area contributed by atoms with Crippen molar-refractivity contribution in [1.29, 1.82) is 0 Å². The molecule has 114 valence electrons. The van der Waals surface area contributed by atoms with Crippen LogP contribution in [0.25, 0.3) is 0 Å². The second-order valence-corrected chi connectivity index (χ2v) is 5.71. The molecular formula is C14H16BrFN2O3. The van der Waals surface area contributed by atoms with Crippen molar-refractivity contribution >= 4 is 27.8 Å². The van der Waals surface area contributed by atoms with Gasteiger partial charge in [0.25, 0.3) is 5.91 Å². The minimum atomic E-state index is -0.873. The summed E-state index contributed by atoms with van der Waals surface area (Å²) < 4.78 is 13.7. The van der Waals surface area contributed by atoms with Crippen molar-refractivity contribution in [1.82, 2.24) is 9.80 Å². The normalized spacial score (nSPS) is 16.6. The molecule has 0 aliphatic carbocycles. The molecule has 1 amide bonds. The fourth-order valence-electron chi connectivity index (χ4n) is 2.36. The van der Waals surface area contributed by atoms with Gasteiger partial charge in [-0.3, -0.25) is 14.5 Å². The Kier molecular flexibility index (Phi) is 5.30. The van der Waals surface area contributed by atoms with Crippen LogP contribution in [0.5, 0.6) is 0 Å². The highest BCUT2D eigenvalue weighted by Gasteiger charge is 2.23. The molecule has 5 nitrogen and oxygen atoms in total. The summed E-state index contributed by atoms with van der Waals surface area (Å²) in [5, 5.41) is 8.81. The van der Waals surface area contributed by atoms with E-state index in [1.807, 2.05) is 0 Å². The Bertz CT molecular complexity index is 553. The molecule has 1 aliphatic rings. The van der Waals surface area contributed by atoms with E-state index in [0.29, 0.717) is 38.2 Å². The topological polar surface area (TPSA) is 60.9 Å². The Labute approximate surface area is 130 Å². The van der Waals surface area contributed by atoms with Crippen LogP contribution in [0.1, 0.15) is 16.8 Å². The molecule has 1 heterocycles. The second kappa shape index (κ2) is 7.00. The van der Waals surface area contributed by atoms with E-state index in [4.69, 9.17) is 5.11 Å². The molecule has 0 bridgehead atoms. The van der Waals surface area contributed by atoms with E-state index < -0.39 is 11.8 Å². The maximum Gasteiger partial charge on any atom is 0.317 e. The predicted octanol–water partition coefficient (Wildman–Crippen LogP) is 1.82. The molecule has 1 aromatic carbocycles. The summed E-state index contributed by atoms with van der Waals surface area (Å²) in [7, 11) is 0. The van der Waals surface area contributed by atoms with Gasteiger partial charge >= 0.3 is 5.97 Å². The first-order valence-corrected chi connectivity index (χ1v) is 7.46. The highest BCUT2D eigenvalue weighted by molar-refractivity contribution is 9.10. The van der Waals surface area contributed by atoms with Crippen LogP contribution in [-0.2, 0) is 4.79 Å². The van der Waals surface area contributed by atoms with Crippen molar-refractivity contribution in [2.75, 3.05) is 32.7 Å². The fraction of sp³-hybridized carbons (Fsp3) is 0.429. The number of nitrogens with zero attached hydrogens (tertiary/aromatic N) is 2. The third-order valence-corrected chi connectivity index (χ3v) is 4.22. The number of rotatable bonds is 3. The molecule has 1 aliphatic heterocycles. The van der Waals surface area contributed by atoms with Crippen molar-refractivity contribution in [2.24, 2.45) is 0 Å².